The summed E-state index contributed by atoms with van der Waals surface area (Å²) in [5, 5.41) is 2.52. The molecule has 1 aliphatic carbocycles. The standard InChI is InChI=1S/C14H25N3O3/c1-13(2)11-9(6-5-7-20-11)14(13,15)12(19)17(4)8-10(18)16-3/h9,11H,5-8,15H2,1-4H3,(H,16,18). The van der Waals surface area contributed by atoms with E-state index in [-0.39, 0.29) is 30.4 Å². The van der Waals surface area contributed by atoms with Crippen molar-refractivity contribution in [3.05, 3.63) is 0 Å². The van der Waals surface area contributed by atoms with Crippen molar-refractivity contribution in [1.82, 2.24) is 10.2 Å². The van der Waals surface area contributed by atoms with Gasteiger partial charge < -0.3 is 20.7 Å². The molecule has 0 aromatic rings. The Morgan fingerprint density at radius 1 is 1.45 bits per heavy atom. The molecule has 2 amide bonds. The Morgan fingerprint density at radius 2 is 2.10 bits per heavy atom. The third kappa shape index (κ3) is 1.93. The molecule has 1 saturated heterocycles. The molecule has 2 aliphatic rings. The highest BCUT2D eigenvalue weighted by Gasteiger charge is 2.70. The Labute approximate surface area is 120 Å². The predicted octanol–water partition coefficient (Wildman–Crippen LogP) is -0.277. The first kappa shape index (κ1) is 15.3. The summed E-state index contributed by atoms with van der Waals surface area (Å²) in [4.78, 5) is 25.6. The maximum Gasteiger partial charge on any atom is 0.243 e. The van der Waals surface area contributed by atoms with Crippen molar-refractivity contribution >= 4 is 11.8 Å². The molecular weight excluding hydrogens is 258 g/mol. The minimum Gasteiger partial charge on any atom is -0.377 e. The summed E-state index contributed by atoms with van der Waals surface area (Å²) in [5.41, 5.74) is 5.14. The zero-order chi connectivity index (χ0) is 15.1. The second-order valence-corrected chi connectivity index (χ2v) is 6.47. The van der Waals surface area contributed by atoms with Crippen LogP contribution in [0.2, 0.25) is 0 Å². The van der Waals surface area contributed by atoms with Crippen molar-refractivity contribution in [3.63, 3.8) is 0 Å². The molecule has 3 atom stereocenters. The fourth-order valence-electron chi connectivity index (χ4n) is 3.69. The van der Waals surface area contributed by atoms with Gasteiger partial charge in [-0.3, -0.25) is 9.59 Å². The average Bonchev–Trinajstić information content (AvgIpc) is 2.45. The van der Waals surface area contributed by atoms with Gasteiger partial charge in [0.05, 0.1) is 12.6 Å². The van der Waals surface area contributed by atoms with E-state index < -0.39 is 11.0 Å². The van der Waals surface area contributed by atoms with Crippen molar-refractivity contribution in [2.75, 3.05) is 27.2 Å². The molecular formula is C14H25N3O3. The molecule has 114 valence electrons. The van der Waals surface area contributed by atoms with Gasteiger partial charge in [0.1, 0.15) is 5.54 Å². The fraction of sp³-hybridized carbons (Fsp3) is 0.857. The molecule has 2 fully saturated rings. The first-order chi connectivity index (χ1) is 9.26. The Morgan fingerprint density at radius 3 is 2.70 bits per heavy atom. The van der Waals surface area contributed by atoms with E-state index >= 15 is 0 Å². The van der Waals surface area contributed by atoms with E-state index in [0.717, 1.165) is 19.4 Å². The zero-order valence-corrected chi connectivity index (χ0v) is 12.7. The maximum atomic E-state index is 12.7. The molecule has 6 heteroatoms. The minimum atomic E-state index is -0.944. The molecule has 3 unspecified atom stereocenters. The number of rotatable bonds is 3. The van der Waals surface area contributed by atoms with Crippen LogP contribution in [0.4, 0.5) is 0 Å². The lowest BCUT2D eigenvalue weighted by Crippen LogP contribution is -2.82. The number of likely N-dealkylation sites (N-methyl/N-ethyl adjacent to an activating group) is 2. The number of fused-ring (bicyclic) bond motifs is 1. The molecule has 1 saturated carbocycles. The monoisotopic (exact) mass is 283 g/mol. The van der Waals surface area contributed by atoms with Crippen LogP contribution in [0.5, 0.6) is 0 Å². The summed E-state index contributed by atoms with van der Waals surface area (Å²) in [6.07, 6.45) is 1.88. The van der Waals surface area contributed by atoms with Gasteiger partial charge in [-0.2, -0.15) is 0 Å². The van der Waals surface area contributed by atoms with Crippen LogP contribution in [0.1, 0.15) is 26.7 Å². The molecule has 1 aliphatic heterocycles. The Kier molecular flexibility index (Phi) is 3.81. The van der Waals surface area contributed by atoms with Crippen LogP contribution in [-0.4, -0.2) is 55.6 Å². The number of amides is 2. The van der Waals surface area contributed by atoms with E-state index in [9.17, 15) is 9.59 Å². The lowest BCUT2D eigenvalue weighted by atomic mass is 9.46. The number of nitrogens with zero attached hydrogens (tertiary/aromatic N) is 1. The molecule has 20 heavy (non-hydrogen) atoms. The normalized spacial score (nSPS) is 34.6. The average molecular weight is 283 g/mol. The van der Waals surface area contributed by atoms with Crippen LogP contribution in [0.25, 0.3) is 0 Å². The van der Waals surface area contributed by atoms with E-state index in [4.69, 9.17) is 10.5 Å². The van der Waals surface area contributed by atoms with E-state index in [1.807, 2.05) is 13.8 Å². The van der Waals surface area contributed by atoms with E-state index in [1.54, 1.807) is 14.1 Å². The fourth-order valence-corrected chi connectivity index (χ4v) is 3.69. The zero-order valence-electron chi connectivity index (χ0n) is 12.7. The van der Waals surface area contributed by atoms with Crippen LogP contribution in [0, 0.1) is 11.3 Å². The summed E-state index contributed by atoms with van der Waals surface area (Å²) in [5.74, 6) is -0.318. The van der Waals surface area contributed by atoms with Gasteiger partial charge >= 0.3 is 0 Å². The van der Waals surface area contributed by atoms with Gasteiger partial charge in [0, 0.05) is 32.0 Å². The summed E-state index contributed by atoms with van der Waals surface area (Å²) in [7, 11) is 3.18. The summed E-state index contributed by atoms with van der Waals surface area (Å²) < 4.78 is 5.79. The van der Waals surface area contributed by atoms with Crippen molar-refractivity contribution in [1.29, 1.82) is 0 Å². The number of hydrogen-bond acceptors (Lipinski definition) is 4. The number of carbonyl (C=O) groups excluding carboxylic acids is 2. The topological polar surface area (TPSA) is 84.7 Å². The quantitative estimate of drug-likeness (QED) is 0.746. The molecule has 6 nitrogen and oxygen atoms in total. The number of hydrogen-bond donors (Lipinski definition) is 2. The number of nitrogens with two attached hydrogens (primary N) is 1. The van der Waals surface area contributed by atoms with Crippen molar-refractivity contribution in [3.8, 4) is 0 Å². The molecule has 0 bridgehead atoms. The van der Waals surface area contributed by atoms with Gasteiger partial charge in [0.25, 0.3) is 0 Å². The van der Waals surface area contributed by atoms with Crippen LogP contribution in [0.3, 0.4) is 0 Å². The first-order valence-electron chi connectivity index (χ1n) is 7.13. The molecule has 0 radical (unpaired) electrons. The van der Waals surface area contributed by atoms with Crippen LogP contribution in [-0.2, 0) is 14.3 Å². The van der Waals surface area contributed by atoms with Crippen molar-refractivity contribution < 1.29 is 14.3 Å². The third-order valence-electron chi connectivity index (χ3n) is 5.04. The van der Waals surface area contributed by atoms with Crippen LogP contribution >= 0.6 is 0 Å². The third-order valence-corrected chi connectivity index (χ3v) is 5.04. The number of ether oxygens (including phenoxy) is 1. The van der Waals surface area contributed by atoms with Crippen LogP contribution in [0.15, 0.2) is 0 Å². The van der Waals surface area contributed by atoms with E-state index in [0.29, 0.717) is 0 Å². The molecule has 1 heterocycles. The Balaban J connectivity index is 2.17. The SMILES string of the molecule is CNC(=O)CN(C)C(=O)C1(N)C2CCCOC2C1(C)C. The number of nitrogens with one attached hydrogen (secondary N) is 1. The lowest BCUT2D eigenvalue weighted by Gasteiger charge is -2.65. The molecule has 0 spiro atoms. The largest absolute Gasteiger partial charge is 0.377 e. The van der Waals surface area contributed by atoms with E-state index in [1.165, 1.54) is 4.90 Å². The summed E-state index contributed by atoms with van der Waals surface area (Å²) in [6.45, 7) is 4.72. The first-order valence-corrected chi connectivity index (χ1v) is 7.13. The molecule has 0 aromatic heterocycles. The summed E-state index contributed by atoms with van der Waals surface area (Å²) in [6, 6.07) is 0. The minimum absolute atomic E-state index is 0.0304. The summed E-state index contributed by atoms with van der Waals surface area (Å²) >= 11 is 0. The lowest BCUT2D eigenvalue weighted by molar-refractivity contribution is -0.229. The number of carbonyl (C=O) groups is 2. The van der Waals surface area contributed by atoms with Crippen molar-refractivity contribution in [2.24, 2.45) is 17.1 Å². The van der Waals surface area contributed by atoms with Crippen molar-refractivity contribution in [2.45, 2.75) is 38.3 Å². The molecule has 0 aromatic carbocycles. The van der Waals surface area contributed by atoms with E-state index in [2.05, 4.69) is 5.32 Å². The van der Waals surface area contributed by atoms with Gasteiger partial charge in [-0.05, 0) is 12.8 Å². The van der Waals surface area contributed by atoms with Crippen LogP contribution < -0.4 is 11.1 Å². The Hall–Kier alpha value is -1.14. The van der Waals surface area contributed by atoms with Gasteiger partial charge in [-0.25, -0.2) is 0 Å². The van der Waals surface area contributed by atoms with Gasteiger partial charge in [0.2, 0.25) is 11.8 Å². The van der Waals surface area contributed by atoms with Gasteiger partial charge in [0.15, 0.2) is 0 Å². The highest BCUT2D eigenvalue weighted by molar-refractivity contribution is 5.92. The maximum absolute atomic E-state index is 12.7. The molecule has 3 N–H and O–H groups in total. The second kappa shape index (κ2) is 5.00. The highest BCUT2D eigenvalue weighted by Crippen LogP contribution is 2.57. The smallest absolute Gasteiger partial charge is 0.243 e. The molecule has 2 rings (SSSR count). The van der Waals surface area contributed by atoms with Gasteiger partial charge in [-0.15, -0.1) is 0 Å². The second-order valence-electron chi connectivity index (χ2n) is 6.47. The highest BCUT2D eigenvalue weighted by atomic mass is 16.5. The Bertz CT molecular complexity index is 424. The van der Waals surface area contributed by atoms with Gasteiger partial charge in [-0.1, -0.05) is 13.8 Å². The predicted molar refractivity (Wildman–Crippen MR) is 74.9 cm³/mol.